The van der Waals surface area contributed by atoms with Crippen molar-refractivity contribution in [3.63, 3.8) is 0 Å². The molecular weight excluding hydrogens is 326 g/mol. The standard InChI is InChI=1S/C21H21N3O2/c1-14-7-9-17(10-8-14)19-11-12-20(25)24(23-19)16(3)21(26)22-18-6-4-5-15(2)13-18/h4-13,16H,1-3H3,(H,22,26). The SMILES string of the molecule is Cc1ccc(-c2ccc(=O)n(C(C)C(=O)Nc3cccc(C)c3)n2)cc1. The Morgan fingerprint density at radius 1 is 1.00 bits per heavy atom. The lowest BCUT2D eigenvalue weighted by Gasteiger charge is -2.15. The quantitative estimate of drug-likeness (QED) is 0.782. The summed E-state index contributed by atoms with van der Waals surface area (Å²) in [7, 11) is 0. The van der Waals surface area contributed by atoms with Gasteiger partial charge in [-0.05, 0) is 44.5 Å². The van der Waals surface area contributed by atoms with Crippen LogP contribution >= 0.6 is 0 Å². The molecule has 1 N–H and O–H groups in total. The molecule has 0 saturated heterocycles. The molecule has 0 radical (unpaired) electrons. The van der Waals surface area contributed by atoms with Gasteiger partial charge in [-0.1, -0.05) is 42.0 Å². The van der Waals surface area contributed by atoms with Crippen molar-refractivity contribution in [3.05, 3.63) is 82.1 Å². The maximum absolute atomic E-state index is 12.6. The highest BCUT2D eigenvalue weighted by Gasteiger charge is 2.18. The molecule has 0 spiro atoms. The Labute approximate surface area is 152 Å². The molecule has 0 bridgehead atoms. The number of carbonyl (C=O) groups is 1. The number of nitrogens with zero attached hydrogens (tertiary/aromatic N) is 2. The Balaban J connectivity index is 1.87. The van der Waals surface area contributed by atoms with E-state index in [0.29, 0.717) is 11.4 Å². The highest BCUT2D eigenvalue weighted by molar-refractivity contribution is 5.93. The van der Waals surface area contributed by atoms with Crippen molar-refractivity contribution in [2.24, 2.45) is 0 Å². The largest absolute Gasteiger partial charge is 0.324 e. The van der Waals surface area contributed by atoms with Crippen molar-refractivity contribution < 1.29 is 4.79 Å². The lowest BCUT2D eigenvalue weighted by Crippen LogP contribution is -2.33. The zero-order valence-electron chi connectivity index (χ0n) is 15.1. The summed E-state index contributed by atoms with van der Waals surface area (Å²) in [6.07, 6.45) is 0. The van der Waals surface area contributed by atoms with Crippen molar-refractivity contribution >= 4 is 11.6 Å². The van der Waals surface area contributed by atoms with Crippen molar-refractivity contribution in [2.45, 2.75) is 26.8 Å². The van der Waals surface area contributed by atoms with Crippen LogP contribution in [0.1, 0.15) is 24.1 Å². The van der Waals surface area contributed by atoms with Gasteiger partial charge in [-0.2, -0.15) is 5.10 Å². The normalized spacial score (nSPS) is 11.8. The zero-order valence-corrected chi connectivity index (χ0v) is 15.1. The topological polar surface area (TPSA) is 64.0 Å². The van der Waals surface area contributed by atoms with Crippen LogP contribution in [-0.4, -0.2) is 15.7 Å². The van der Waals surface area contributed by atoms with Crippen molar-refractivity contribution in [3.8, 4) is 11.3 Å². The maximum atomic E-state index is 12.6. The first-order chi connectivity index (χ1) is 12.4. The van der Waals surface area contributed by atoms with Crippen LogP contribution in [0.15, 0.2) is 65.5 Å². The fourth-order valence-electron chi connectivity index (χ4n) is 2.66. The number of amides is 1. The number of anilines is 1. The summed E-state index contributed by atoms with van der Waals surface area (Å²) in [5.74, 6) is -0.286. The molecule has 0 aliphatic rings. The summed E-state index contributed by atoms with van der Waals surface area (Å²) in [4.78, 5) is 24.8. The number of carbonyl (C=O) groups excluding carboxylic acids is 1. The third-order valence-corrected chi connectivity index (χ3v) is 4.20. The van der Waals surface area contributed by atoms with E-state index in [-0.39, 0.29) is 11.5 Å². The first-order valence-electron chi connectivity index (χ1n) is 8.48. The van der Waals surface area contributed by atoms with Gasteiger partial charge in [0.1, 0.15) is 6.04 Å². The molecule has 2 aromatic carbocycles. The van der Waals surface area contributed by atoms with Crippen LogP contribution in [0.3, 0.4) is 0 Å². The Kier molecular flexibility index (Phi) is 4.98. The first-order valence-corrected chi connectivity index (χ1v) is 8.48. The van der Waals surface area contributed by atoms with E-state index in [1.165, 1.54) is 10.7 Å². The Bertz CT molecular complexity index is 991. The molecule has 1 heterocycles. The Morgan fingerprint density at radius 2 is 1.73 bits per heavy atom. The molecule has 3 aromatic rings. The predicted molar refractivity (Wildman–Crippen MR) is 103 cm³/mol. The summed E-state index contributed by atoms with van der Waals surface area (Å²) in [5, 5.41) is 7.23. The van der Waals surface area contributed by atoms with Gasteiger partial charge in [-0.15, -0.1) is 0 Å². The van der Waals surface area contributed by atoms with Gasteiger partial charge >= 0.3 is 0 Å². The summed E-state index contributed by atoms with van der Waals surface area (Å²) >= 11 is 0. The van der Waals surface area contributed by atoms with Gasteiger partial charge in [0.25, 0.3) is 5.56 Å². The number of nitrogens with one attached hydrogen (secondary N) is 1. The highest BCUT2D eigenvalue weighted by atomic mass is 16.2. The molecular formula is C21H21N3O2. The average Bonchev–Trinajstić information content (AvgIpc) is 2.62. The monoisotopic (exact) mass is 347 g/mol. The van der Waals surface area contributed by atoms with Crippen molar-refractivity contribution in [1.29, 1.82) is 0 Å². The Hall–Kier alpha value is -3.21. The van der Waals surface area contributed by atoms with E-state index in [4.69, 9.17) is 0 Å². The third kappa shape index (κ3) is 3.88. The number of rotatable bonds is 4. The molecule has 132 valence electrons. The van der Waals surface area contributed by atoms with E-state index in [2.05, 4.69) is 10.4 Å². The number of aryl methyl sites for hydroxylation is 2. The fourth-order valence-corrected chi connectivity index (χ4v) is 2.66. The number of benzene rings is 2. The fraction of sp³-hybridized carbons (Fsp3) is 0.190. The zero-order chi connectivity index (χ0) is 18.7. The molecule has 1 unspecified atom stereocenters. The summed E-state index contributed by atoms with van der Waals surface area (Å²) < 4.78 is 1.22. The molecule has 3 rings (SSSR count). The van der Waals surface area contributed by atoms with Crippen LogP contribution in [0.2, 0.25) is 0 Å². The van der Waals surface area contributed by atoms with Crippen LogP contribution in [-0.2, 0) is 4.79 Å². The van der Waals surface area contributed by atoms with E-state index >= 15 is 0 Å². The summed E-state index contributed by atoms with van der Waals surface area (Å²) in [5.41, 5.74) is 4.13. The minimum Gasteiger partial charge on any atom is -0.324 e. The minimum absolute atomic E-state index is 0.286. The maximum Gasteiger partial charge on any atom is 0.267 e. The second-order valence-electron chi connectivity index (χ2n) is 6.40. The van der Waals surface area contributed by atoms with Crippen molar-refractivity contribution in [1.82, 2.24) is 9.78 Å². The smallest absolute Gasteiger partial charge is 0.267 e. The number of hydrogen-bond donors (Lipinski definition) is 1. The lowest BCUT2D eigenvalue weighted by molar-refractivity contribution is -0.119. The molecule has 0 saturated carbocycles. The highest BCUT2D eigenvalue weighted by Crippen LogP contribution is 2.17. The molecule has 0 aliphatic heterocycles. The van der Waals surface area contributed by atoms with Gasteiger partial charge in [-0.25, -0.2) is 4.68 Å². The summed E-state index contributed by atoms with van der Waals surface area (Å²) in [6, 6.07) is 17.8. The van der Waals surface area contributed by atoms with Gasteiger partial charge < -0.3 is 5.32 Å². The van der Waals surface area contributed by atoms with Crippen LogP contribution in [0, 0.1) is 13.8 Å². The van der Waals surface area contributed by atoms with Gasteiger partial charge in [0.15, 0.2) is 0 Å². The lowest BCUT2D eigenvalue weighted by atomic mass is 10.1. The van der Waals surface area contributed by atoms with E-state index in [1.54, 1.807) is 13.0 Å². The van der Waals surface area contributed by atoms with Gasteiger partial charge in [0.05, 0.1) is 5.69 Å². The van der Waals surface area contributed by atoms with Crippen LogP contribution in [0.4, 0.5) is 5.69 Å². The molecule has 0 aliphatic carbocycles. The molecule has 0 fully saturated rings. The third-order valence-electron chi connectivity index (χ3n) is 4.20. The molecule has 26 heavy (non-hydrogen) atoms. The number of hydrogen-bond acceptors (Lipinski definition) is 3. The number of aromatic nitrogens is 2. The van der Waals surface area contributed by atoms with Crippen LogP contribution in [0.5, 0.6) is 0 Å². The van der Waals surface area contributed by atoms with Gasteiger partial charge in [0.2, 0.25) is 5.91 Å². The molecule has 1 amide bonds. The van der Waals surface area contributed by atoms with Crippen LogP contribution in [0.25, 0.3) is 11.3 Å². The van der Waals surface area contributed by atoms with Crippen LogP contribution < -0.4 is 10.9 Å². The summed E-state index contributed by atoms with van der Waals surface area (Å²) in [6.45, 7) is 5.63. The second kappa shape index (κ2) is 7.35. The van der Waals surface area contributed by atoms with E-state index in [0.717, 1.165) is 16.7 Å². The van der Waals surface area contributed by atoms with E-state index in [9.17, 15) is 9.59 Å². The van der Waals surface area contributed by atoms with Crippen molar-refractivity contribution in [2.75, 3.05) is 5.32 Å². The average molecular weight is 347 g/mol. The van der Waals surface area contributed by atoms with E-state index in [1.807, 2.05) is 62.4 Å². The minimum atomic E-state index is -0.728. The molecule has 1 atom stereocenters. The van der Waals surface area contributed by atoms with Gasteiger partial charge in [0, 0.05) is 17.3 Å². The molecule has 5 nitrogen and oxygen atoms in total. The Morgan fingerprint density at radius 3 is 2.42 bits per heavy atom. The molecule has 5 heteroatoms. The van der Waals surface area contributed by atoms with E-state index < -0.39 is 6.04 Å². The molecule has 1 aromatic heterocycles. The second-order valence-corrected chi connectivity index (χ2v) is 6.40. The predicted octanol–water partition coefficient (Wildman–Crippen LogP) is 3.73. The van der Waals surface area contributed by atoms with Gasteiger partial charge in [-0.3, -0.25) is 9.59 Å². The first kappa shape index (κ1) is 17.6.